The normalized spacial score (nSPS) is 25.1. The second-order valence-electron chi connectivity index (χ2n) is 4.08. The van der Waals surface area contributed by atoms with Gasteiger partial charge in [-0.25, -0.2) is 8.42 Å². The molecule has 15 heavy (non-hydrogen) atoms. The lowest BCUT2D eigenvalue weighted by atomic mass is 10.1. The summed E-state index contributed by atoms with van der Waals surface area (Å²) in [6.07, 6.45) is 5.00. The first-order valence-electron chi connectivity index (χ1n) is 5.67. The van der Waals surface area contributed by atoms with Crippen LogP contribution in [0.5, 0.6) is 0 Å². The maximum atomic E-state index is 12.0. The molecule has 1 saturated heterocycles. The van der Waals surface area contributed by atoms with Crippen molar-refractivity contribution in [2.24, 2.45) is 0 Å². The molecule has 1 rings (SSSR count). The van der Waals surface area contributed by atoms with Gasteiger partial charge in [-0.05, 0) is 19.3 Å². The number of hydrogen-bond acceptors (Lipinski definition) is 2. The molecule has 90 valence electrons. The van der Waals surface area contributed by atoms with Crippen molar-refractivity contribution in [1.29, 1.82) is 0 Å². The van der Waals surface area contributed by atoms with Crippen LogP contribution in [0.15, 0.2) is 0 Å². The highest BCUT2D eigenvalue weighted by atomic mass is 79.9. The van der Waals surface area contributed by atoms with E-state index in [1.54, 1.807) is 4.31 Å². The van der Waals surface area contributed by atoms with Crippen LogP contribution >= 0.6 is 15.9 Å². The topological polar surface area (TPSA) is 37.4 Å². The smallest absolute Gasteiger partial charge is 0.212 e. The summed E-state index contributed by atoms with van der Waals surface area (Å²) in [5, 5.41) is 0.760. The van der Waals surface area contributed by atoms with Crippen LogP contribution in [0.25, 0.3) is 0 Å². The molecular formula is C10H20BrNO2S. The lowest BCUT2D eigenvalue weighted by Gasteiger charge is -2.27. The van der Waals surface area contributed by atoms with Gasteiger partial charge in [0.15, 0.2) is 0 Å². The van der Waals surface area contributed by atoms with Gasteiger partial charge in [0, 0.05) is 17.9 Å². The van der Waals surface area contributed by atoms with E-state index in [1.807, 2.05) is 6.92 Å². The summed E-state index contributed by atoms with van der Waals surface area (Å²) in [7, 11) is -3.01. The lowest BCUT2D eigenvalue weighted by Crippen LogP contribution is -2.42. The predicted molar refractivity (Wildman–Crippen MR) is 66.8 cm³/mol. The van der Waals surface area contributed by atoms with Gasteiger partial charge in [0.2, 0.25) is 10.0 Å². The predicted octanol–water partition coefficient (Wildman–Crippen LogP) is 2.37. The van der Waals surface area contributed by atoms with Gasteiger partial charge in [-0.2, -0.15) is 4.31 Å². The molecule has 0 N–H and O–H groups in total. The summed E-state index contributed by atoms with van der Waals surface area (Å²) in [5.74, 6) is 0.288. The minimum absolute atomic E-state index is 0.170. The number of halogens is 1. The number of alkyl halides is 1. The van der Waals surface area contributed by atoms with Crippen molar-refractivity contribution in [1.82, 2.24) is 4.31 Å². The van der Waals surface area contributed by atoms with Gasteiger partial charge in [0.05, 0.1) is 5.75 Å². The number of hydrogen-bond donors (Lipinski definition) is 0. The fourth-order valence-corrected chi connectivity index (χ4v) is 4.70. The summed E-state index contributed by atoms with van der Waals surface area (Å²) >= 11 is 3.42. The Bertz CT molecular complexity index is 279. The van der Waals surface area contributed by atoms with Crippen molar-refractivity contribution in [3.8, 4) is 0 Å². The van der Waals surface area contributed by atoms with Gasteiger partial charge in [-0.15, -0.1) is 0 Å². The molecular weight excluding hydrogens is 278 g/mol. The van der Waals surface area contributed by atoms with Crippen molar-refractivity contribution in [3.63, 3.8) is 0 Å². The first-order chi connectivity index (χ1) is 7.11. The Hall–Kier alpha value is 0.390. The van der Waals surface area contributed by atoms with E-state index in [4.69, 9.17) is 0 Å². The third-order valence-corrected chi connectivity index (χ3v) is 5.69. The van der Waals surface area contributed by atoms with Gasteiger partial charge < -0.3 is 0 Å². The number of sulfonamides is 1. The molecule has 1 heterocycles. The molecule has 0 spiro atoms. The molecule has 3 nitrogen and oxygen atoms in total. The highest BCUT2D eigenvalue weighted by molar-refractivity contribution is 9.09. The molecule has 1 aliphatic rings. The average molecular weight is 298 g/mol. The van der Waals surface area contributed by atoms with Crippen molar-refractivity contribution < 1.29 is 8.42 Å². The summed E-state index contributed by atoms with van der Waals surface area (Å²) < 4.78 is 25.7. The van der Waals surface area contributed by atoms with Crippen molar-refractivity contribution >= 4 is 26.0 Å². The second kappa shape index (κ2) is 6.21. The Morgan fingerprint density at radius 3 is 2.67 bits per heavy atom. The Morgan fingerprint density at radius 2 is 2.07 bits per heavy atom. The maximum absolute atomic E-state index is 12.0. The van der Waals surface area contributed by atoms with Crippen LogP contribution in [0.1, 0.15) is 39.0 Å². The molecule has 0 radical (unpaired) electrons. The fraction of sp³-hybridized carbons (Fsp3) is 1.00. The van der Waals surface area contributed by atoms with Crippen LogP contribution in [0.2, 0.25) is 0 Å². The monoisotopic (exact) mass is 297 g/mol. The average Bonchev–Trinajstić information content (AvgIpc) is 2.42. The third kappa shape index (κ3) is 3.71. The second-order valence-corrected chi connectivity index (χ2v) is 6.77. The zero-order valence-electron chi connectivity index (χ0n) is 9.28. The van der Waals surface area contributed by atoms with Crippen LogP contribution in [0, 0.1) is 0 Å². The molecule has 0 aliphatic carbocycles. The molecule has 1 fully saturated rings. The minimum Gasteiger partial charge on any atom is -0.212 e. The van der Waals surface area contributed by atoms with E-state index in [1.165, 1.54) is 0 Å². The van der Waals surface area contributed by atoms with Crippen molar-refractivity contribution in [2.45, 2.75) is 45.1 Å². The van der Waals surface area contributed by atoms with Crippen LogP contribution < -0.4 is 0 Å². The molecule has 1 unspecified atom stereocenters. The third-order valence-electron chi connectivity index (χ3n) is 2.82. The molecule has 0 aromatic rings. The zero-order chi connectivity index (χ0) is 11.3. The SMILES string of the molecule is CCCS(=O)(=O)N1CCCCCC1CBr. The molecule has 0 bridgehead atoms. The lowest BCUT2D eigenvalue weighted by molar-refractivity contribution is 0.347. The summed E-state index contributed by atoms with van der Waals surface area (Å²) in [6.45, 7) is 2.62. The van der Waals surface area contributed by atoms with E-state index in [-0.39, 0.29) is 11.8 Å². The van der Waals surface area contributed by atoms with Gasteiger partial charge in [-0.1, -0.05) is 35.7 Å². The Balaban J connectivity index is 2.78. The number of rotatable bonds is 4. The van der Waals surface area contributed by atoms with Crippen molar-refractivity contribution in [3.05, 3.63) is 0 Å². The van der Waals surface area contributed by atoms with E-state index in [2.05, 4.69) is 15.9 Å². The fourth-order valence-electron chi connectivity index (χ4n) is 2.05. The Labute approximate surface area is 101 Å². The Kier molecular flexibility index (Phi) is 5.57. The first kappa shape index (κ1) is 13.5. The molecule has 0 amide bonds. The zero-order valence-corrected chi connectivity index (χ0v) is 11.7. The van der Waals surface area contributed by atoms with E-state index < -0.39 is 10.0 Å². The van der Waals surface area contributed by atoms with E-state index >= 15 is 0 Å². The highest BCUT2D eigenvalue weighted by Crippen LogP contribution is 2.21. The van der Waals surface area contributed by atoms with Gasteiger partial charge in [-0.3, -0.25) is 0 Å². The van der Waals surface area contributed by atoms with Crippen LogP contribution in [0.4, 0.5) is 0 Å². The van der Waals surface area contributed by atoms with Crippen LogP contribution in [-0.2, 0) is 10.0 Å². The largest absolute Gasteiger partial charge is 0.214 e. The Morgan fingerprint density at radius 1 is 1.33 bits per heavy atom. The highest BCUT2D eigenvalue weighted by Gasteiger charge is 2.29. The van der Waals surface area contributed by atoms with Gasteiger partial charge in [0.1, 0.15) is 0 Å². The first-order valence-corrected chi connectivity index (χ1v) is 8.40. The molecule has 0 aromatic carbocycles. The van der Waals surface area contributed by atoms with Crippen LogP contribution in [-0.4, -0.2) is 36.4 Å². The maximum Gasteiger partial charge on any atom is 0.214 e. The van der Waals surface area contributed by atoms with E-state index in [0.29, 0.717) is 13.0 Å². The number of nitrogens with zero attached hydrogens (tertiary/aromatic N) is 1. The summed E-state index contributed by atoms with van der Waals surface area (Å²) in [6, 6.07) is 0.170. The minimum atomic E-state index is -3.01. The molecule has 0 aromatic heterocycles. The molecule has 5 heteroatoms. The van der Waals surface area contributed by atoms with E-state index in [0.717, 1.165) is 31.0 Å². The molecule has 0 saturated carbocycles. The summed E-state index contributed by atoms with van der Waals surface area (Å²) in [4.78, 5) is 0. The van der Waals surface area contributed by atoms with Crippen LogP contribution in [0.3, 0.4) is 0 Å². The van der Waals surface area contributed by atoms with Crippen molar-refractivity contribution in [2.75, 3.05) is 17.6 Å². The van der Waals surface area contributed by atoms with Gasteiger partial charge >= 0.3 is 0 Å². The van der Waals surface area contributed by atoms with E-state index in [9.17, 15) is 8.42 Å². The van der Waals surface area contributed by atoms with Gasteiger partial charge in [0.25, 0.3) is 0 Å². The quantitative estimate of drug-likeness (QED) is 0.747. The summed E-state index contributed by atoms with van der Waals surface area (Å²) in [5.41, 5.74) is 0. The molecule has 1 atom stereocenters. The standard InChI is InChI=1S/C10H20BrNO2S/c1-2-8-15(13,14)12-7-5-3-4-6-10(12)9-11/h10H,2-9H2,1H3. The molecule has 1 aliphatic heterocycles.